The molecule has 3 heterocycles. The van der Waals surface area contributed by atoms with Gasteiger partial charge in [0.05, 0.1) is 41.2 Å². The number of nitrogens with zero attached hydrogens (tertiary/aromatic N) is 3. The lowest BCUT2D eigenvalue weighted by atomic mass is 9.94. The standard InChI is InChI=1S/C27H17ClF7N5O3/c28-16-3-1-11(29)5-13(16)23-22-17(7-19-14(21(22)24(41)38-23)8-36-40(19)9-20(31)32)37-25(42)39-10-26(43,27(33,34)35)15-6-12(30)2-4-18(15)39/h1-8,20,23,43H,9-10H2,(H,37,42)(H,38,41)/t23?,26-/m0/s1. The largest absolute Gasteiger partial charge is 0.423 e. The summed E-state index contributed by atoms with van der Waals surface area (Å²) in [6, 6.07) is 4.26. The molecule has 0 saturated carbocycles. The molecule has 2 atom stereocenters. The molecule has 6 rings (SSSR count). The number of carbonyl (C=O) groups excluding carboxylic acids is 2. The molecule has 43 heavy (non-hydrogen) atoms. The van der Waals surface area contributed by atoms with E-state index >= 15 is 0 Å². The minimum atomic E-state index is -5.30. The molecule has 3 aromatic carbocycles. The molecule has 0 radical (unpaired) electrons. The zero-order valence-electron chi connectivity index (χ0n) is 21.3. The summed E-state index contributed by atoms with van der Waals surface area (Å²) >= 11 is 6.30. The summed E-state index contributed by atoms with van der Waals surface area (Å²) in [5, 5.41) is 19.6. The number of aliphatic hydroxyl groups is 1. The van der Waals surface area contributed by atoms with E-state index in [0.717, 1.165) is 35.1 Å². The molecule has 1 aromatic heterocycles. The summed E-state index contributed by atoms with van der Waals surface area (Å²) in [6.45, 7) is -2.23. The Kier molecular flexibility index (Phi) is 6.58. The maximum atomic E-state index is 14.2. The molecule has 0 saturated heterocycles. The first-order chi connectivity index (χ1) is 20.2. The molecule has 3 amide bonds. The first kappa shape index (κ1) is 28.7. The van der Waals surface area contributed by atoms with Crippen LogP contribution in [0.2, 0.25) is 5.02 Å². The average molecular weight is 628 g/mol. The molecule has 4 aromatic rings. The van der Waals surface area contributed by atoms with Crippen LogP contribution in [0.25, 0.3) is 10.9 Å². The van der Waals surface area contributed by atoms with Gasteiger partial charge in [0.25, 0.3) is 12.3 Å². The van der Waals surface area contributed by atoms with Crippen molar-refractivity contribution in [1.29, 1.82) is 0 Å². The number of alkyl halides is 5. The maximum absolute atomic E-state index is 14.2. The second-order valence-corrected chi connectivity index (χ2v) is 10.4. The summed E-state index contributed by atoms with van der Waals surface area (Å²) in [7, 11) is 0. The van der Waals surface area contributed by atoms with E-state index < -0.39 is 72.2 Å². The lowest BCUT2D eigenvalue weighted by Gasteiger charge is -2.27. The molecule has 0 aliphatic carbocycles. The summed E-state index contributed by atoms with van der Waals surface area (Å²) in [4.78, 5) is 27.3. The minimum Gasteiger partial charge on any atom is -0.375 e. The van der Waals surface area contributed by atoms with Gasteiger partial charge in [-0.2, -0.15) is 18.3 Å². The molecular weight excluding hydrogens is 611 g/mol. The second-order valence-electron chi connectivity index (χ2n) is 9.97. The predicted molar refractivity (Wildman–Crippen MR) is 139 cm³/mol. The van der Waals surface area contributed by atoms with Crippen molar-refractivity contribution in [3.05, 3.63) is 87.6 Å². The van der Waals surface area contributed by atoms with Crippen molar-refractivity contribution in [2.24, 2.45) is 0 Å². The van der Waals surface area contributed by atoms with Crippen molar-refractivity contribution in [3.8, 4) is 0 Å². The monoisotopic (exact) mass is 627 g/mol. The molecular formula is C27H17ClF7N5O3. The van der Waals surface area contributed by atoms with Crippen LogP contribution in [0.15, 0.2) is 48.7 Å². The molecule has 2 aliphatic heterocycles. The number of aromatic nitrogens is 2. The van der Waals surface area contributed by atoms with Gasteiger partial charge < -0.3 is 15.7 Å². The summed E-state index contributed by atoms with van der Waals surface area (Å²) < 4.78 is 97.5. The number of anilines is 2. The number of rotatable bonds is 4. The van der Waals surface area contributed by atoms with Gasteiger partial charge in [0, 0.05) is 27.1 Å². The number of carbonyl (C=O) groups is 2. The van der Waals surface area contributed by atoms with Gasteiger partial charge in [-0.3, -0.25) is 14.4 Å². The Labute approximate surface area is 241 Å². The SMILES string of the molecule is O=C1NC(c2cc(F)ccc2Cl)c2c(NC(=O)N3C[C@@](O)(C(F)(F)F)c4cc(F)ccc43)cc3c(cnn3CC(F)F)c21. The van der Waals surface area contributed by atoms with Crippen molar-refractivity contribution < 1.29 is 45.4 Å². The van der Waals surface area contributed by atoms with E-state index in [9.17, 15) is 45.4 Å². The third-order valence-electron chi connectivity index (χ3n) is 7.40. The van der Waals surface area contributed by atoms with Gasteiger partial charge in [-0.1, -0.05) is 11.6 Å². The highest BCUT2D eigenvalue weighted by Crippen LogP contribution is 2.49. The van der Waals surface area contributed by atoms with Gasteiger partial charge in [0.2, 0.25) is 5.60 Å². The zero-order chi connectivity index (χ0) is 31.0. The molecule has 2 aliphatic rings. The fourth-order valence-corrected chi connectivity index (χ4v) is 5.71. The summed E-state index contributed by atoms with van der Waals surface area (Å²) in [6.07, 6.45) is -7.00. The number of hydrogen-bond donors (Lipinski definition) is 3. The third kappa shape index (κ3) is 4.54. The number of halogens is 8. The van der Waals surface area contributed by atoms with Crippen LogP contribution in [0.4, 0.5) is 46.9 Å². The number of β-amino-alcohol motifs (C(OH)–C–C–N with tert-alkyl or cyclic N) is 1. The van der Waals surface area contributed by atoms with Gasteiger partial charge in [0.1, 0.15) is 18.2 Å². The fraction of sp³-hybridized carbons (Fsp3) is 0.222. The van der Waals surface area contributed by atoms with Gasteiger partial charge >= 0.3 is 12.2 Å². The van der Waals surface area contributed by atoms with Crippen LogP contribution in [0, 0.1) is 11.6 Å². The molecule has 0 fully saturated rings. The molecule has 224 valence electrons. The van der Waals surface area contributed by atoms with E-state index in [4.69, 9.17) is 11.6 Å². The highest BCUT2D eigenvalue weighted by molar-refractivity contribution is 6.31. The number of urea groups is 1. The maximum Gasteiger partial charge on any atom is 0.423 e. The first-order valence-electron chi connectivity index (χ1n) is 12.4. The van der Waals surface area contributed by atoms with Crippen LogP contribution in [0.5, 0.6) is 0 Å². The number of hydrogen-bond acceptors (Lipinski definition) is 4. The van der Waals surface area contributed by atoms with Crippen LogP contribution >= 0.6 is 11.6 Å². The van der Waals surface area contributed by atoms with Crippen molar-refractivity contribution in [1.82, 2.24) is 15.1 Å². The van der Waals surface area contributed by atoms with Crippen LogP contribution in [0.3, 0.4) is 0 Å². The summed E-state index contributed by atoms with van der Waals surface area (Å²) in [5.74, 6) is -2.55. The van der Waals surface area contributed by atoms with E-state index in [1.165, 1.54) is 12.1 Å². The van der Waals surface area contributed by atoms with Crippen molar-refractivity contribution in [3.63, 3.8) is 0 Å². The van der Waals surface area contributed by atoms with Gasteiger partial charge in [-0.25, -0.2) is 22.4 Å². The lowest BCUT2D eigenvalue weighted by Crippen LogP contribution is -2.48. The molecule has 0 bridgehead atoms. The molecule has 16 heteroatoms. The van der Waals surface area contributed by atoms with Crippen molar-refractivity contribution in [2.75, 3.05) is 16.8 Å². The van der Waals surface area contributed by atoms with Crippen LogP contribution in [0.1, 0.15) is 33.1 Å². The number of amides is 3. The third-order valence-corrected chi connectivity index (χ3v) is 7.74. The quantitative estimate of drug-likeness (QED) is 0.247. The van der Waals surface area contributed by atoms with E-state index in [1.54, 1.807) is 0 Å². The van der Waals surface area contributed by atoms with E-state index in [1.807, 2.05) is 0 Å². The lowest BCUT2D eigenvalue weighted by molar-refractivity contribution is -0.258. The van der Waals surface area contributed by atoms with Crippen LogP contribution < -0.4 is 15.5 Å². The molecule has 1 unspecified atom stereocenters. The van der Waals surface area contributed by atoms with Gasteiger partial charge in [-0.05, 0) is 42.5 Å². The first-order valence-corrected chi connectivity index (χ1v) is 12.8. The number of benzene rings is 3. The van der Waals surface area contributed by atoms with Crippen LogP contribution in [-0.4, -0.2) is 46.0 Å². The smallest absolute Gasteiger partial charge is 0.375 e. The van der Waals surface area contributed by atoms with E-state index in [-0.39, 0.29) is 38.3 Å². The Morgan fingerprint density at radius 2 is 1.86 bits per heavy atom. The van der Waals surface area contributed by atoms with Crippen molar-refractivity contribution in [2.45, 2.75) is 30.8 Å². The molecule has 3 N–H and O–H groups in total. The van der Waals surface area contributed by atoms with Gasteiger partial charge in [0.15, 0.2) is 0 Å². The Bertz CT molecular complexity index is 1830. The predicted octanol–water partition coefficient (Wildman–Crippen LogP) is 5.87. The van der Waals surface area contributed by atoms with E-state index in [0.29, 0.717) is 11.0 Å². The Morgan fingerprint density at radius 3 is 2.56 bits per heavy atom. The van der Waals surface area contributed by atoms with Crippen LogP contribution in [-0.2, 0) is 12.1 Å². The normalized spacial score (nSPS) is 19.6. The minimum absolute atomic E-state index is 0.0135. The Morgan fingerprint density at radius 1 is 1.16 bits per heavy atom. The fourth-order valence-electron chi connectivity index (χ4n) is 5.48. The second kappa shape index (κ2) is 9.84. The van der Waals surface area contributed by atoms with Crippen molar-refractivity contribution >= 4 is 45.8 Å². The Balaban J connectivity index is 1.50. The zero-order valence-corrected chi connectivity index (χ0v) is 22.1. The number of nitrogens with one attached hydrogen (secondary N) is 2. The molecule has 8 nitrogen and oxygen atoms in total. The molecule has 0 spiro atoms. The Hall–Kier alpha value is -4.37. The topological polar surface area (TPSA) is 99.5 Å². The highest BCUT2D eigenvalue weighted by Gasteiger charge is 2.61. The van der Waals surface area contributed by atoms with Gasteiger partial charge in [-0.15, -0.1) is 0 Å². The number of fused-ring (bicyclic) bond motifs is 4. The summed E-state index contributed by atoms with van der Waals surface area (Å²) in [5.41, 5.74) is -5.24. The highest BCUT2D eigenvalue weighted by atomic mass is 35.5. The van der Waals surface area contributed by atoms with E-state index in [2.05, 4.69) is 15.7 Å². The average Bonchev–Trinajstić information content (AvgIpc) is 3.57.